The van der Waals surface area contributed by atoms with Crippen molar-refractivity contribution < 1.29 is 14.7 Å². The number of carbonyl (C=O) groups is 2. The van der Waals surface area contributed by atoms with Gasteiger partial charge in [-0.15, -0.1) is 0 Å². The van der Waals surface area contributed by atoms with Crippen molar-refractivity contribution in [2.24, 2.45) is 11.8 Å². The molecule has 2 unspecified atom stereocenters. The number of aryl methyl sites for hydroxylation is 1. The lowest BCUT2D eigenvalue weighted by Gasteiger charge is -2.35. The highest BCUT2D eigenvalue weighted by Crippen LogP contribution is 2.25. The molecule has 1 aliphatic rings. The van der Waals surface area contributed by atoms with E-state index in [1.165, 1.54) is 0 Å². The molecule has 2 aromatic rings. The van der Waals surface area contributed by atoms with Crippen molar-refractivity contribution in [1.82, 2.24) is 14.7 Å². The average Bonchev–Trinajstić information content (AvgIpc) is 3.00. The quantitative estimate of drug-likeness (QED) is 0.939. The monoisotopic (exact) mass is 327 g/mol. The van der Waals surface area contributed by atoms with Gasteiger partial charge in [-0.05, 0) is 49.6 Å². The number of hydrogen-bond donors (Lipinski definition) is 1. The van der Waals surface area contributed by atoms with E-state index < -0.39 is 5.97 Å². The van der Waals surface area contributed by atoms with Crippen molar-refractivity contribution >= 4 is 11.9 Å². The maximum atomic E-state index is 12.6. The van der Waals surface area contributed by atoms with E-state index in [9.17, 15) is 14.7 Å². The molecule has 1 aliphatic heterocycles. The van der Waals surface area contributed by atoms with Crippen LogP contribution in [0.3, 0.4) is 0 Å². The Bertz CT molecular complexity index is 751. The fourth-order valence-electron chi connectivity index (χ4n) is 3.20. The van der Waals surface area contributed by atoms with Crippen LogP contribution in [0, 0.1) is 18.8 Å². The molecule has 0 saturated carbocycles. The Morgan fingerprint density at radius 1 is 1.21 bits per heavy atom. The maximum Gasteiger partial charge on any atom is 0.306 e. The van der Waals surface area contributed by atoms with E-state index >= 15 is 0 Å². The smallest absolute Gasteiger partial charge is 0.306 e. The number of aliphatic carboxylic acids is 1. The highest BCUT2D eigenvalue weighted by Gasteiger charge is 2.33. The molecule has 1 aromatic carbocycles. The van der Waals surface area contributed by atoms with Crippen LogP contribution < -0.4 is 0 Å². The van der Waals surface area contributed by atoms with Crippen LogP contribution in [0.4, 0.5) is 0 Å². The Labute approximate surface area is 140 Å². The van der Waals surface area contributed by atoms with Gasteiger partial charge in [-0.25, -0.2) is 4.68 Å². The number of carboxylic acid groups (broad SMARTS) is 1. The van der Waals surface area contributed by atoms with Gasteiger partial charge in [-0.3, -0.25) is 9.59 Å². The van der Waals surface area contributed by atoms with Gasteiger partial charge >= 0.3 is 5.97 Å². The first-order chi connectivity index (χ1) is 11.5. The van der Waals surface area contributed by atoms with Gasteiger partial charge in [0.25, 0.3) is 5.91 Å². The molecule has 24 heavy (non-hydrogen) atoms. The second-order valence-electron chi connectivity index (χ2n) is 6.41. The van der Waals surface area contributed by atoms with Gasteiger partial charge < -0.3 is 10.0 Å². The summed E-state index contributed by atoms with van der Waals surface area (Å²) < 4.78 is 1.77. The lowest BCUT2D eigenvalue weighted by atomic mass is 9.87. The fourth-order valence-corrected chi connectivity index (χ4v) is 3.20. The van der Waals surface area contributed by atoms with E-state index in [1.54, 1.807) is 21.7 Å². The van der Waals surface area contributed by atoms with E-state index in [4.69, 9.17) is 0 Å². The molecule has 1 fully saturated rings. The minimum absolute atomic E-state index is 0.0356. The predicted molar refractivity (Wildman–Crippen MR) is 89.1 cm³/mol. The number of piperidine rings is 1. The molecule has 0 radical (unpaired) electrons. The molecule has 0 spiro atoms. The number of likely N-dealkylation sites (tertiary alicyclic amines) is 1. The van der Waals surface area contributed by atoms with Gasteiger partial charge in [0.1, 0.15) is 0 Å². The summed E-state index contributed by atoms with van der Waals surface area (Å²) in [5, 5.41) is 13.5. The summed E-state index contributed by atoms with van der Waals surface area (Å²) in [6.07, 6.45) is 2.39. The summed E-state index contributed by atoms with van der Waals surface area (Å²) >= 11 is 0. The fraction of sp³-hybridized carbons (Fsp3) is 0.389. The number of benzene rings is 1. The summed E-state index contributed by atoms with van der Waals surface area (Å²) in [5.74, 6) is -1.21. The number of rotatable bonds is 3. The van der Waals surface area contributed by atoms with Crippen molar-refractivity contribution in [1.29, 1.82) is 0 Å². The first kappa shape index (κ1) is 16.2. The van der Waals surface area contributed by atoms with Gasteiger partial charge in [0, 0.05) is 24.8 Å². The second kappa shape index (κ2) is 6.47. The molecule has 2 heterocycles. The SMILES string of the molecule is Cc1ccn(-c2ccc(C(=O)N3CCC(C(=O)O)C(C)C3)cc2)n1. The Morgan fingerprint density at radius 2 is 1.92 bits per heavy atom. The molecule has 126 valence electrons. The highest BCUT2D eigenvalue weighted by atomic mass is 16.4. The Kier molecular flexibility index (Phi) is 4.38. The number of aromatic nitrogens is 2. The molecule has 6 heteroatoms. The zero-order chi connectivity index (χ0) is 17.3. The molecule has 3 rings (SSSR count). The summed E-state index contributed by atoms with van der Waals surface area (Å²) in [7, 11) is 0. The predicted octanol–water partition coefficient (Wildman–Crippen LogP) is 2.36. The van der Waals surface area contributed by atoms with Crippen LogP contribution in [0.15, 0.2) is 36.5 Å². The topological polar surface area (TPSA) is 75.4 Å². The molecular weight excluding hydrogens is 306 g/mol. The van der Waals surface area contributed by atoms with Crippen molar-refractivity contribution in [2.75, 3.05) is 13.1 Å². The number of amides is 1. The number of nitrogens with zero attached hydrogens (tertiary/aromatic N) is 3. The first-order valence-corrected chi connectivity index (χ1v) is 8.10. The van der Waals surface area contributed by atoms with Gasteiger partial charge in [0.05, 0.1) is 17.3 Å². The lowest BCUT2D eigenvalue weighted by molar-refractivity contribution is -0.145. The summed E-state index contributed by atoms with van der Waals surface area (Å²) in [4.78, 5) is 25.6. The van der Waals surface area contributed by atoms with E-state index in [-0.39, 0.29) is 17.7 Å². The maximum absolute atomic E-state index is 12.6. The van der Waals surface area contributed by atoms with Gasteiger partial charge in [0.15, 0.2) is 0 Å². The van der Waals surface area contributed by atoms with Crippen LogP contribution in [-0.2, 0) is 4.79 Å². The molecule has 2 atom stereocenters. The van der Waals surface area contributed by atoms with Crippen molar-refractivity contribution in [3.05, 3.63) is 47.8 Å². The molecule has 1 N–H and O–H groups in total. The highest BCUT2D eigenvalue weighted by molar-refractivity contribution is 5.94. The third kappa shape index (κ3) is 3.18. The van der Waals surface area contributed by atoms with Crippen molar-refractivity contribution in [3.63, 3.8) is 0 Å². The Hall–Kier alpha value is -2.63. The molecule has 1 amide bonds. The molecule has 0 bridgehead atoms. The number of hydrogen-bond acceptors (Lipinski definition) is 3. The normalized spacial score (nSPS) is 20.8. The molecule has 6 nitrogen and oxygen atoms in total. The van der Waals surface area contributed by atoms with Crippen LogP contribution in [0.2, 0.25) is 0 Å². The summed E-state index contributed by atoms with van der Waals surface area (Å²) in [5.41, 5.74) is 2.45. The summed E-state index contributed by atoms with van der Waals surface area (Å²) in [6.45, 7) is 4.79. The molecule has 1 aromatic heterocycles. The Balaban J connectivity index is 1.70. The van der Waals surface area contributed by atoms with Crippen LogP contribution in [-0.4, -0.2) is 44.8 Å². The molecular formula is C18H21N3O3. The minimum Gasteiger partial charge on any atom is -0.481 e. The van der Waals surface area contributed by atoms with Crippen LogP contribution in [0.1, 0.15) is 29.4 Å². The lowest BCUT2D eigenvalue weighted by Crippen LogP contribution is -2.45. The second-order valence-corrected chi connectivity index (χ2v) is 6.41. The number of carbonyl (C=O) groups excluding carboxylic acids is 1. The third-order valence-electron chi connectivity index (χ3n) is 4.61. The van der Waals surface area contributed by atoms with Crippen molar-refractivity contribution in [3.8, 4) is 5.69 Å². The standard InChI is InChI=1S/C18H21N3O3/c1-12-11-20(9-8-16(12)18(23)24)17(22)14-3-5-15(6-4-14)21-10-7-13(2)19-21/h3-7,10,12,16H,8-9,11H2,1-2H3,(H,23,24). The summed E-state index contributed by atoms with van der Waals surface area (Å²) in [6, 6.07) is 9.25. The average molecular weight is 327 g/mol. The molecule has 1 saturated heterocycles. The van der Waals surface area contributed by atoms with Gasteiger partial charge in [-0.1, -0.05) is 6.92 Å². The van der Waals surface area contributed by atoms with Crippen LogP contribution >= 0.6 is 0 Å². The van der Waals surface area contributed by atoms with Crippen LogP contribution in [0.5, 0.6) is 0 Å². The zero-order valence-electron chi connectivity index (χ0n) is 13.8. The van der Waals surface area contributed by atoms with E-state index in [0.29, 0.717) is 25.1 Å². The Morgan fingerprint density at radius 3 is 2.46 bits per heavy atom. The van der Waals surface area contributed by atoms with E-state index in [1.807, 2.05) is 38.2 Å². The van der Waals surface area contributed by atoms with Gasteiger partial charge in [0.2, 0.25) is 0 Å². The molecule has 0 aliphatic carbocycles. The van der Waals surface area contributed by atoms with Crippen molar-refractivity contribution in [2.45, 2.75) is 20.3 Å². The number of carboxylic acids is 1. The minimum atomic E-state index is -0.770. The zero-order valence-corrected chi connectivity index (χ0v) is 13.8. The van der Waals surface area contributed by atoms with Crippen LogP contribution in [0.25, 0.3) is 5.69 Å². The van der Waals surface area contributed by atoms with E-state index in [0.717, 1.165) is 11.4 Å². The largest absolute Gasteiger partial charge is 0.481 e. The van der Waals surface area contributed by atoms with E-state index in [2.05, 4.69) is 5.10 Å². The first-order valence-electron chi connectivity index (χ1n) is 8.10. The third-order valence-corrected chi connectivity index (χ3v) is 4.61. The van der Waals surface area contributed by atoms with Gasteiger partial charge in [-0.2, -0.15) is 5.10 Å².